The number of benzene rings is 1. The van der Waals surface area contributed by atoms with E-state index in [2.05, 4.69) is 23.5 Å². The maximum Gasteiger partial charge on any atom is 0.248 e. The molecule has 0 aliphatic carbocycles. The van der Waals surface area contributed by atoms with Crippen LogP contribution in [-0.2, 0) is 9.53 Å². The lowest BCUT2D eigenvalue weighted by atomic mass is 9.97. The van der Waals surface area contributed by atoms with E-state index in [9.17, 15) is 4.79 Å². The molecule has 1 N–H and O–H groups in total. The summed E-state index contributed by atoms with van der Waals surface area (Å²) < 4.78 is 7.06. The first kappa shape index (κ1) is 16.9. The molecule has 2 aliphatic heterocycles. The van der Waals surface area contributed by atoms with E-state index in [1.165, 1.54) is 9.71 Å². The van der Waals surface area contributed by atoms with Gasteiger partial charge in [0.05, 0.1) is 21.3 Å². The summed E-state index contributed by atoms with van der Waals surface area (Å²) in [6.45, 7) is 3.85. The Morgan fingerprint density at radius 3 is 2.72 bits per heavy atom. The summed E-state index contributed by atoms with van der Waals surface area (Å²) >= 11 is 1.80. The minimum Gasteiger partial charge on any atom is -0.368 e. The lowest BCUT2D eigenvalue weighted by molar-refractivity contribution is -0.139. The number of fused-ring (bicyclic) bond motifs is 1. The lowest BCUT2D eigenvalue weighted by Crippen LogP contribution is -2.41. The fourth-order valence-corrected chi connectivity index (χ4v) is 4.82. The maximum atomic E-state index is 12.4. The number of ether oxygens (including phenoxy) is 1. The van der Waals surface area contributed by atoms with Gasteiger partial charge in [0.1, 0.15) is 6.61 Å². The Labute approximate surface area is 152 Å². The van der Waals surface area contributed by atoms with Gasteiger partial charge in [-0.1, -0.05) is 12.1 Å². The molecule has 5 nitrogen and oxygen atoms in total. The zero-order valence-electron chi connectivity index (χ0n) is 14.4. The largest absolute Gasteiger partial charge is 0.368 e. The molecule has 0 bridgehead atoms. The first-order chi connectivity index (χ1) is 12.3. The Morgan fingerprint density at radius 1 is 1.20 bits per heavy atom. The standard InChI is InChI=1S/C19H25N3O2S/c23-18(13-24-15-5-9-20-10-6-15)22-11-7-14(8-12-22)19-21-16-3-1-2-4-17(16)25-19/h1-4,14-15,20H,5-13H2. The molecule has 1 amide bonds. The van der Waals surface area contributed by atoms with E-state index in [-0.39, 0.29) is 18.6 Å². The van der Waals surface area contributed by atoms with Gasteiger partial charge in [-0.15, -0.1) is 11.3 Å². The number of amides is 1. The predicted molar refractivity (Wildman–Crippen MR) is 100 cm³/mol. The Balaban J connectivity index is 1.28. The van der Waals surface area contributed by atoms with Gasteiger partial charge in [-0.3, -0.25) is 4.79 Å². The van der Waals surface area contributed by atoms with E-state index >= 15 is 0 Å². The highest BCUT2D eigenvalue weighted by Gasteiger charge is 2.26. The summed E-state index contributed by atoms with van der Waals surface area (Å²) in [5.74, 6) is 0.619. The van der Waals surface area contributed by atoms with Crippen LogP contribution in [0.4, 0.5) is 0 Å². The Bertz CT molecular complexity index is 685. The smallest absolute Gasteiger partial charge is 0.248 e. The Morgan fingerprint density at radius 2 is 1.96 bits per heavy atom. The van der Waals surface area contributed by atoms with Gasteiger partial charge in [0.15, 0.2) is 0 Å². The van der Waals surface area contributed by atoms with E-state index in [0.29, 0.717) is 5.92 Å². The SMILES string of the molecule is O=C(COC1CCNCC1)N1CCC(c2nc3ccccc3s2)CC1. The number of hydrogen-bond acceptors (Lipinski definition) is 5. The highest BCUT2D eigenvalue weighted by molar-refractivity contribution is 7.18. The number of aromatic nitrogens is 1. The number of rotatable bonds is 4. The predicted octanol–water partition coefficient (Wildman–Crippen LogP) is 2.77. The summed E-state index contributed by atoms with van der Waals surface area (Å²) in [6, 6.07) is 8.31. The molecule has 0 saturated carbocycles. The summed E-state index contributed by atoms with van der Waals surface area (Å²) in [4.78, 5) is 19.1. The maximum absolute atomic E-state index is 12.4. The van der Waals surface area contributed by atoms with Gasteiger partial charge in [-0.2, -0.15) is 0 Å². The van der Waals surface area contributed by atoms with Crippen molar-refractivity contribution in [2.75, 3.05) is 32.8 Å². The molecule has 6 heteroatoms. The monoisotopic (exact) mass is 359 g/mol. The normalized spacial score (nSPS) is 20.2. The summed E-state index contributed by atoms with van der Waals surface area (Å²) in [5, 5.41) is 4.54. The van der Waals surface area contributed by atoms with E-state index in [1.54, 1.807) is 11.3 Å². The zero-order valence-corrected chi connectivity index (χ0v) is 15.3. The van der Waals surface area contributed by atoms with Crippen LogP contribution in [0, 0.1) is 0 Å². The number of hydrogen-bond donors (Lipinski definition) is 1. The van der Waals surface area contributed by atoms with Gasteiger partial charge in [-0.05, 0) is 50.9 Å². The van der Waals surface area contributed by atoms with Gasteiger partial charge >= 0.3 is 0 Å². The Kier molecular flexibility index (Phi) is 5.29. The minimum absolute atomic E-state index is 0.140. The second-order valence-corrected chi connectivity index (χ2v) is 8.00. The van der Waals surface area contributed by atoms with Crippen LogP contribution in [0.1, 0.15) is 36.6 Å². The molecule has 0 unspecified atom stereocenters. The molecule has 1 aromatic heterocycles. The molecular formula is C19H25N3O2S. The van der Waals surface area contributed by atoms with Crippen LogP contribution in [-0.4, -0.2) is 54.7 Å². The zero-order chi connectivity index (χ0) is 17.1. The van der Waals surface area contributed by atoms with Crippen molar-refractivity contribution in [3.05, 3.63) is 29.3 Å². The third-order valence-corrected chi connectivity index (χ3v) is 6.43. The number of carbonyl (C=O) groups is 1. The highest BCUT2D eigenvalue weighted by Crippen LogP contribution is 2.33. The number of nitrogens with one attached hydrogen (secondary N) is 1. The molecule has 3 heterocycles. The number of nitrogens with zero attached hydrogens (tertiary/aromatic N) is 2. The van der Waals surface area contributed by atoms with Crippen molar-refractivity contribution in [2.24, 2.45) is 0 Å². The van der Waals surface area contributed by atoms with Gasteiger partial charge in [0, 0.05) is 19.0 Å². The van der Waals surface area contributed by atoms with Gasteiger partial charge in [0.25, 0.3) is 0 Å². The molecule has 1 aromatic carbocycles. The van der Waals surface area contributed by atoms with Crippen molar-refractivity contribution in [1.82, 2.24) is 15.2 Å². The highest BCUT2D eigenvalue weighted by atomic mass is 32.1. The average molecular weight is 359 g/mol. The molecule has 2 aliphatic rings. The Hall–Kier alpha value is -1.50. The molecular weight excluding hydrogens is 334 g/mol. The molecule has 4 rings (SSSR count). The van der Waals surface area contributed by atoms with Crippen LogP contribution >= 0.6 is 11.3 Å². The second-order valence-electron chi connectivity index (χ2n) is 6.94. The fourth-order valence-electron chi connectivity index (χ4n) is 3.68. The van der Waals surface area contributed by atoms with Crippen molar-refractivity contribution in [2.45, 2.75) is 37.7 Å². The number of piperidine rings is 2. The van der Waals surface area contributed by atoms with E-state index in [0.717, 1.165) is 57.4 Å². The van der Waals surface area contributed by atoms with Crippen LogP contribution in [0.25, 0.3) is 10.2 Å². The quantitative estimate of drug-likeness (QED) is 0.912. The van der Waals surface area contributed by atoms with E-state index in [1.807, 2.05) is 11.0 Å². The number of thiazole rings is 1. The van der Waals surface area contributed by atoms with Crippen LogP contribution in [0.3, 0.4) is 0 Å². The van der Waals surface area contributed by atoms with Gasteiger partial charge in [0.2, 0.25) is 5.91 Å². The average Bonchev–Trinajstić information content (AvgIpc) is 3.11. The topological polar surface area (TPSA) is 54.5 Å². The summed E-state index contributed by atoms with van der Waals surface area (Å²) in [6.07, 6.45) is 4.25. The van der Waals surface area contributed by atoms with Crippen LogP contribution in [0.15, 0.2) is 24.3 Å². The van der Waals surface area contributed by atoms with Gasteiger partial charge in [-0.25, -0.2) is 4.98 Å². The molecule has 134 valence electrons. The molecule has 2 aromatic rings. The minimum atomic E-state index is 0.140. The van der Waals surface area contributed by atoms with E-state index < -0.39 is 0 Å². The fraction of sp³-hybridized carbons (Fsp3) is 0.579. The first-order valence-corrected chi connectivity index (χ1v) is 10.1. The lowest BCUT2D eigenvalue weighted by Gasteiger charge is -2.32. The van der Waals surface area contributed by atoms with E-state index in [4.69, 9.17) is 9.72 Å². The number of para-hydroxylation sites is 1. The molecule has 0 radical (unpaired) electrons. The number of likely N-dealkylation sites (tertiary alicyclic amines) is 1. The van der Waals surface area contributed by atoms with Crippen molar-refractivity contribution in [3.63, 3.8) is 0 Å². The second kappa shape index (κ2) is 7.81. The van der Waals surface area contributed by atoms with Crippen molar-refractivity contribution in [3.8, 4) is 0 Å². The molecule has 25 heavy (non-hydrogen) atoms. The van der Waals surface area contributed by atoms with Crippen molar-refractivity contribution < 1.29 is 9.53 Å². The van der Waals surface area contributed by atoms with Crippen LogP contribution in [0.5, 0.6) is 0 Å². The molecule has 2 fully saturated rings. The van der Waals surface area contributed by atoms with Crippen LogP contribution in [0.2, 0.25) is 0 Å². The molecule has 2 saturated heterocycles. The van der Waals surface area contributed by atoms with Crippen molar-refractivity contribution in [1.29, 1.82) is 0 Å². The first-order valence-electron chi connectivity index (χ1n) is 9.25. The van der Waals surface area contributed by atoms with Crippen molar-refractivity contribution >= 4 is 27.5 Å². The third-order valence-electron chi connectivity index (χ3n) is 5.24. The molecule has 0 atom stereocenters. The molecule has 0 spiro atoms. The summed E-state index contributed by atoms with van der Waals surface area (Å²) in [7, 11) is 0. The summed E-state index contributed by atoms with van der Waals surface area (Å²) in [5.41, 5.74) is 1.09. The van der Waals surface area contributed by atoms with Crippen LogP contribution < -0.4 is 5.32 Å². The third kappa shape index (κ3) is 4.02. The van der Waals surface area contributed by atoms with Gasteiger partial charge < -0.3 is 15.0 Å². The number of carbonyl (C=O) groups excluding carboxylic acids is 1.